The van der Waals surface area contributed by atoms with E-state index in [4.69, 9.17) is 0 Å². The van der Waals surface area contributed by atoms with Gasteiger partial charge in [0.05, 0.1) is 0 Å². The zero-order valence-corrected chi connectivity index (χ0v) is 6.53. The van der Waals surface area contributed by atoms with Crippen LogP contribution in [0.3, 0.4) is 0 Å². The van der Waals surface area contributed by atoms with Crippen molar-refractivity contribution in [3.63, 3.8) is 0 Å². The van der Waals surface area contributed by atoms with Gasteiger partial charge in [-0.2, -0.15) is 0 Å². The minimum Gasteiger partial charge on any atom is -0.207 e. The first-order valence-corrected chi connectivity index (χ1v) is 3.87. The molecule has 1 saturated carbocycles. The molecule has 1 aliphatic carbocycles. The average Bonchev–Trinajstić information content (AvgIpc) is 1.54. The van der Waals surface area contributed by atoms with Crippen molar-refractivity contribution in [1.29, 1.82) is 0 Å². The first-order valence-electron chi connectivity index (χ1n) is 3.87. The maximum atomic E-state index is 12.7. The Morgan fingerprint density at radius 1 is 1.10 bits per heavy atom. The van der Waals surface area contributed by atoms with Gasteiger partial charge in [-0.3, -0.25) is 0 Å². The summed E-state index contributed by atoms with van der Waals surface area (Å²) in [6.45, 7) is 3.81. The quantitative estimate of drug-likeness (QED) is 0.495. The number of halogens is 2. The van der Waals surface area contributed by atoms with Crippen LogP contribution in [0.4, 0.5) is 8.78 Å². The minimum absolute atomic E-state index is 0.0946. The molecule has 0 amide bonds. The van der Waals surface area contributed by atoms with E-state index in [1.54, 1.807) is 0 Å². The van der Waals surface area contributed by atoms with E-state index in [-0.39, 0.29) is 24.7 Å². The highest BCUT2D eigenvalue weighted by Gasteiger charge is 2.37. The van der Waals surface area contributed by atoms with Crippen LogP contribution in [0, 0.1) is 11.8 Å². The SMILES string of the molecule is C[C@@H]1C[C@H](C)CC(F)(F)C1. The molecule has 1 rings (SSSR count). The molecule has 0 saturated heterocycles. The van der Waals surface area contributed by atoms with E-state index in [1.165, 1.54) is 0 Å². The number of hydrogen-bond donors (Lipinski definition) is 0. The maximum absolute atomic E-state index is 12.7. The van der Waals surface area contributed by atoms with Gasteiger partial charge in [-0.15, -0.1) is 0 Å². The van der Waals surface area contributed by atoms with Crippen molar-refractivity contribution in [2.24, 2.45) is 11.8 Å². The predicted molar refractivity (Wildman–Crippen MR) is 37.1 cm³/mol. The van der Waals surface area contributed by atoms with Crippen LogP contribution in [-0.2, 0) is 0 Å². The van der Waals surface area contributed by atoms with E-state index in [1.807, 2.05) is 13.8 Å². The van der Waals surface area contributed by atoms with Crippen LogP contribution in [-0.4, -0.2) is 5.92 Å². The third-order valence-corrected chi connectivity index (χ3v) is 2.10. The lowest BCUT2D eigenvalue weighted by atomic mass is 9.81. The molecule has 1 aliphatic rings. The minimum atomic E-state index is -2.38. The summed E-state index contributed by atoms with van der Waals surface area (Å²) in [4.78, 5) is 0. The Morgan fingerprint density at radius 2 is 1.50 bits per heavy atom. The largest absolute Gasteiger partial charge is 0.248 e. The maximum Gasteiger partial charge on any atom is 0.248 e. The molecule has 0 radical (unpaired) electrons. The predicted octanol–water partition coefficient (Wildman–Crippen LogP) is 3.08. The fraction of sp³-hybridized carbons (Fsp3) is 1.00. The molecule has 0 spiro atoms. The van der Waals surface area contributed by atoms with Crippen LogP contribution in [0.2, 0.25) is 0 Å². The van der Waals surface area contributed by atoms with Gasteiger partial charge in [0.25, 0.3) is 0 Å². The Bertz CT molecular complexity index is 108. The third kappa shape index (κ3) is 1.93. The summed E-state index contributed by atoms with van der Waals surface area (Å²) in [5.41, 5.74) is 0. The molecule has 0 unspecified atom stereocenters. The van der Waals surface area contributed by atoms with Gasteiger partial charge in [-0.25, -0.2) is 8.78 Å². The molecule has 0 heterocycles. The van der Waals surface area contributed by atoms with Crippen LogP contribution >= 0.6 is 0 Å². The lowest BCUT2D eigenvalue weighted by Gasteiger charge is -2.30. The molecular weight excluding hydrogens is 134 g/mol. The van der Waals surface area contributed by atoms with Gasteiger partial charge in [0.15, 0.2) is 0 Å². The van der Waals surface area contributed by atoms with Crippen LogP contribution in [0.15, 0.2) is 0 Å². The van der Waals surface area contributed by atoms with Crippen molar-refractivity contribution < 1.29 is 8.78 Å². The zero-order chi connectivity index (χ0) is 7.78. The summed E-state index contributed by atoms with van der Waals surface area (Å²) in [5.74, 6) is -1.96. The molecule has 0 nitrogen and oxygen atoms in total. The van der Waals surface area contributed by atoms with E-state index >= 15 is 0 Å². The molecule has 0 aromatic rings. The number of rotatable bonds is 0. The Balaban J connectivity index is 2.51. The van der Waals surface area contributed by atoms with Crippen molar-refractivity contribution in [3.8, 4) is 0 Å². The molecule has 2 atom stereocenters. The topological polar surface area (TPSA) is 0 Å². The molecule has 2 heteroatoms. The van der Waals surface area contributed by atoms with E-state index in [0.29, 0.717) is 0 Å². The summed E-state index contributed by atoms with van der Waals surface area (Å²) in [5, 5.41) is 0. The molecule has 60 valence electrons. The Kier molecular flexibility index (Phi) is 1.97. The molecule has 0 aliphatic heterocycles. The standard InChI is InChI=1S/C8H14F2/c1-6-3-7(2)5-8(9,10)4-6/h6-7H,3-5H2,1-2H3/t6-,7+. The smallest absolute Gasteiger partial charge is 0.207 e. The average molecular weight is 148 g/mol. The Labute approximate surface area is 60.6 Å². The molecule has 0 bridgehead atoms. The lowest BCUT2D eigenvalue weighted by Crippen LogP contribution is -2.29. The summed E-state index contributed by atoms with van der Waals surface area (Å²) < 4.78 is 25.4. The monoisotopic (exact) mass is 148 g/mol. The van der Waals surface area contributed by atoms with E-state index in [9.17, 15) is 8.78 Å². The number of alkyl halides is 2. The fourth-order valence-corrected chi connectivity index (χ4v) is 1.96. The second-order valence-electron chi connectivity index (χ2n) is 3.71. The second kappa shape index (κ2) is 2.48. The highest BCUT2D eigenvalue weighted by molar-refractivity contribution is 4.79. The van der Waals surface area contributed by atoms with Crippen LogP contribution in [0.5, 0.6) is 0 Å². The second-order valence-corrected chi connectivity index (χ2v) is 3.71. The summed E-state index contributed by atoms with van der Waals surface area (Å²) in [6, 6.07) is 0. The molecule has 0 aromatic carbocycles. The third-order valence-electron chi connectivity index (χ3n) is 2.10. The normalized spacial score (nSPS) is 39.6. The van der Waals surface area contributed by atoms with Crippen molar-refractivity contribution in [2.75, 3.05) is 0 Å². The highest BCUT2D eigenvalue weighted by Crippen LogP contribution is 2.39. The van der Waals surface area contributed by atoms with Crippen LogP contribution in [0.1, 0.15) is 33.1 Å². The van der Waals surface area contributed by atoms with Gasteiger partial charge >= 0.3 is 0 Å². The lowest BCUT2D eigenvalue weighted by molar-refractivity contribution is -0.0661. The van der Waals surface area contributed by atoms with Crippen molar-refractivity contribution in [1.82, 2.24) is 0 Å². The van der Waals surface area contributed by atoms with Gasteiger partial charge in [0.1, 0.15) is 0 Å². The van der Waals surface area contributed by atoms with Gasteiger partial charge in [-0.05, 0) is 18.3 Å². The fourth-order valence-electron chi connectivity index (χ4n) is 1.96. The van der Waals surface area contributed by atoms with Gasteiger partial charge in [-0.1, -0.05) is 13.8 Å². The van der Waals surface area contributed by atoms with E-state index < -0.39 is 5.92 Å². The zero-order valence-electron chi connectivity index (χ0n) is 6.53. The van der Waals surface area contributed by atoms with E-state index in [0.717, 1.165) is 6.42 Å². The van der Waals surface area contributed by atoms with Crippen LogP contribution < -0.4 is 0 Å². The van der Waals surface area contributed by atoms with Crippen molar-refractivity contribution in [2.45, 2.75) is 39.0 Å². The van der Waals surface area contributed by atoms with Gasteiger partial charge in [0.2, 0.25) is 5.92 Å². The molecular formula is C8H14F2. The summed E-state index contributed by atoms with van der Waals surface area (Å²) in [6.07, 6.45) is 1.16. The van der Waals surface area contributed by atoms with Gasteiger partial charge < -0.3 is 0 Å². The molecule has 0 aromatic heterocycles. The summed E-state index contributed by atoms with van der Waals surface area (Å²) >= 11 is 0. The molecule has 10 heavy (non-hydrogen) atoms. The first-order chi connectivity index (χ1) is 4.49. The van der Waals surface area contributed by atoms with Crippen LogP contribution in [0.25, 0.3) is 0 Å². The van der Waals surface area contributed by atoms with Gasteiger partial charge in [0, 0.05) is 12.8 Å². The Hall–Kier alpha value is -0.140. The van der Waals surface area contributed by atoms with E-state index in [2.05, 4.69) is 0 Å². The Morgan fingerprint density at radius 3 is 1.80 bits per heavy atom. The number of hydrogen-bond acceptors (Lipinski definition) is 0. The van der Waals surface area contributed by atoms with Crippen molar-refractivity contribution in [3.05, 3.63) is 0 Å². The highest BCUT2D eigenvalue weighted by atomic mass is 19.3. The first kappa shape index (κ1) is 7.96. The molecule has 0 N–H and O–H groups in total. The van der Waals surface area contributed by atoms with Crippen molar-refractivity contribution >= 4 is 0 Å². The molecule has 1 fully saturated rings. The summed E-state index contributed by atoms with van der Waals surface area (Å²) in [7, 11) is 0.